The van der Waals surface area contributed by atoms with E-state index in [-0.39, 0.29) is 5.91 Å². The predicted octanol–water partition coefficient (Wildman–Crippen LogP) is 4.12. The Morgan fingerprint density at radius 3 is 2.81 bits per heavy atom. The van der Waals surface area contributed by atoms with Gasteiger partial charge in [-0.05, 0) is 43.7 Å². The molecule has 2 rings (SSSR count). The molecule has 0 aliphatic rings. The van der Waals surface area contributed by atoms with Crippen LogP contribution in [0.4, 0.5) is 11.4 Å². The first-order chi connectivity index (χ1) is 10.1. The molecule has 1 aromatic heterocycles. The van der Waals surface area contributed by atoms with Crippen molar-refractivity contribution in [2.24, 2.45) is 0 Å². The molecule has 0 bridgehead atoms. The molecule has 0 unspecified atom stereocenters. The van der Waals surface area contributed by atoms with Crippen molar-refractivity contribution < 1.29 is 4.79 Å². The Morgan fingerprint density at radius 1 is 1.29 bits per heavy atom. The van der Waals surface area contributed by atoms with Crippen molar-refractivity contribution in [3.05, 3.63) is 52.8 Å². The van der Waals surface area contributed by atoms with Gasteiger partial charge in [0, 0.05) is 23.5 Å². The summed E-state index contributed by atoms with van der Waals surface area (Å²) in [5, 5.41) is 6.64. The van der Waals surface area contributed by atoms with E-state index in [4.69, 9.17) is 11.6 Å². The molecule has 1 amide bonds. The minimum atomic E-state index is -0.202. The van der Waals surface area contributed by atoms with Gasteiger partial charge in [0.15, 0.2) is 0 Å². The third-order valence-electron chi connectivity index (χ3n) is 3.05. The second-order valence-corrected chi connectivity index (χ2v) is 5.14. The molecular formula is C16H18ClN3O. The zero-order valence-corrected chi connectivity index (χ0v) is 12.9. The number of pyridine rings is 1. The lowest BCUT2D eigenvalue weighted by Gasteiger charge is -2.13. The fourth-order valence-electron chi connectivity index (χ4n) is 1.92. The van der Waals surface area contributed by atoms with Crippen LogP contribution in [-0.4, -0.2) is 17.4 Å². The van der Waals surface area contributed by atoms with E-state index in [0.717, 1.165) is 24.3 Å². The van der Waals surface area contributed by atoms with E-state index in [2.05, 4.69) is 22.5 Å². The lowest BCUT2D eigenvalue weighted by molar-refractivity contribution is 0.102. The zero-order chi connectivity index (χ0) is 15.2. The molecule has 0 saturated carbocycles. The fraction of sp³-hybridized carbons (Fsp3) is 0.250. The Hall–Kier alpha value is -2.07. The van der Waals surface area contributed by atoms with Gasteiger partial charge in [-0.3, -0.25) is 9.78 Å². The van der Waals surface area contributed by atoms with E-state index in [1.165, 1.54) is 0 Å². The van der Waals surface area contributed by atoms with Crippen LogP contribution < -0.4 is 10.6 Å². The molecule has 21 heavy (non-hydrogen) atoms. The molecule has 5 heteroatoms. The van der Waals surface area contributed by atoms with E-state index in [1.807, 2.05) is 19.1 Å². The molecule has 0 spiro atoms. The first kappa shape index (κ1) is 15.3. The number of aromatic nitrogens is 1. The molecular weight excluding hydrogens is 286 g/mol. The van der Waals surface area contributed by atoms with E-state index in [1.54, 1.807) is 24.4 Å². The van der Waals surface area contributed by atoms with Crippen molar-refractivity contribution in [1.29, 1.82) is 0 Å². The van der Waals surface area contributed by atoms with Gasteiger partial charge in [0.1, 0.15) is 0 Å². The average molecular weight is 304 g/mol. The second kappa shape index (κ2) is 7.09. The minimum absolute atomic E-state index is 0.202. The maximum absolute atomic E-state index is 12.5. The monoisotopic (exact) mass is 303 g/mol. The van der Waals surface area contributed by atoms with Gasteiger partial charge in [0.05, 0.1) is 16.9 Å². The molecule has 0 radical (unpaired) electrons. The number of aryl methyl sites for hydroxylation is 1. The molecule has 0 aliphatic heterocycles. The summed E-state index contributed by atoms with van der Waals surface area (Å²) >= 11 is 6.01. The number of nitrogens with one attached hydrogen (secondary N) is 2. The third-order valence-corrected chi connectivity index (χ3v) is 3.28. The molecule has 2 aromatic rings. The summed E-state index contributed by atoms with van der Waals surface area (Å²) in [6.45, 7) is 4.72. The first-order valence-corrected chi connectivity index (χ1v) is 7.26. The summed E-state index contributed by atoms with van der Waals surface area (Å²) in [5.41, 5.74) is 2.78. The fourth-order valence-corrected chi connectivity index (χ4v) is 2.10. The molecule has 0 saturated heterocycles. The average Bonchev–Trinajstić information content (AvgIpc) is 2.48. The number of rotatable bonds is 5. The Balaban J connectivity index is 2.25. The van der Waals surface area contributed by atoms with E-state index >= 15 is 0 Å². The summed E-state index contributed by atoms with van der Waals surface area (Å²) in [6, 6.07) is 8.87. The SMILES string of the molecule is CCCNc1ccc(Cl)cc1C(=O)Nc1cccnc1C. The van der Waals surface area contributed by atoms with Gasteiger partial charge >= 0.3 is 0 Å². The van der Waals surface area contributed by atoms with Gasteiger partial charge in [0.25, 0.3) is 5.91 Å². The van der Waals surface area contributed by atoms with E-state index in [0.29, 0.717) is 16.3 Å². The van der Waals surface area contributed by atoms with Crippen LogP contribution in [0.25, 0.3) is 0 Å². The highest BCUT2D eigenvalue weighted by Crippen LogP contribution is 2.22. The Kier molecular flexibility index (Phi) is 5.17. The van der Waals surface area contributed by atoms with Gasteiger partial charge in [-0.15, -0.1) is 0 Å². The summed E-state index contributed by atoms with van der Waals surface area (Å²) in [4.78, 5) is 16.6. The largest absolute Gasteiger partial charge is 0.384 e. The van der Waals surface area contributed by atoms with E-state index < -0.39 is 0 Å². The van der Waals surface area contributed by atoms with Gasteiger partial charge in [-0.25, -0.2) is 0 Å². The lowest BCUT2D eigenvalue weighted by Crippen LogP contribution is -2.16. The highest BCUT2D eigenvalue weighted by Gasteiger charge is 2.13. The number of benzene rings is 1. The lowest BCUT2D eigenvalue weighted by atomic mass is 10.1. The van der Waals surface area contributed by atoms with Crippen LogP contribution in [0, 0.1) is 6.92 Å². The molecule has 110 valence electrons. The summed E-state index contributed by atoms with van der Waals surface area (Å²) < 4.78 is 0. The molecule has 0 fully saturated rings. The number of hydrogen-bond acceptors (Lipinski definition) is 3. The molecule has 1 heterocycles. The number of nitrogens with zero attached hydrogens (tertiary/aromatic N) is 1. The van der Waals surface area contributed by atoms with Gasteiger partial charge in [-0.1, -0.05) is 18.5 Å². The van der Waals surface area contributed by atoms with Gasteiger partial charge < -0.3 is 10.6 Å². The normalized spacial score (nSPS) is 10.2. The van der Waals surface area contributed by atoms with Crippen molar-refractivity contribution >= 4 is 28.9 Å². The number of hydrogen-bond donors (Lipinski definition) is 2. The van der Waals surface area contributed by atoms with Crippen LogP contribution in [0.2, 0.25) is 5.02 Å². The third kappa shape index (κ3) is 3.95. The van der Waals surface area contributed by atoms with Gasteiger partial charge in [-0.2, -0.15) is 0 Å². The van der Waals surface area contributed by atoms with Crippen LogP contribution in [0.3, 0.4) is 0 Å². The summed E-state index contributed by atoms with van der Waals surface area (Å²) in [7, 11) is 0. The highest BCUT2D eigenvalue weighted by atomic mass is 35.5. The molecule has 4 nitrogen and oxygen atoms in total. The number of anilines is 2. The van der Waals surface area contributed by atoms with Crippen molar-refractivity contribution in [1.82, 2.24) is 4.98 Å². The van der Waals surface area contributed by atoms with Crippen LogP contribution in [0.15, 0.2) is 36.5 Å². The van der Waals surface area contributed by atoms with Crippen LogP contribution >= 0.6 is 11.6 Å². The highest BCUT2D eigenvalue weighted by molar-refractivity contribution is 6.31. The predicted molar refractivity (Wildman–Crippen MR) is 87.2 cm³/mol. The van der Waals surface area contributed by atoms with Crippen molar-refractivity contribution in [2.45, 2.75) is 20.3 Å². The Morgan fingerprint density at radius 2 is 2.10 bits per heavy atom. The molecule has 1 aromatic carbocycles. The Bertz CT molecular complexity index is 643. The first-order valence-electron chi connectivity index (χ1n) is 6.88. The topological polar surface area (TPSA) is 54.0 Å². The second-order valence-electron chi connectivity index (χ2n) is 4.71. The number of amides is 1. The quantitative estimate of drug-likeness (QED) is 0.873. The molecule has 0 atom stereocenters. The number of carbonyl (C=O) groups excluding carboxylic acids is 1. The smallest absolute Gasteiger partial charge is 0.257 e. The minimum Gasteiger partial charge on any atom is -0.384 e. The maximum atomic E-state index is 12.5. The number of carbonyl (C=O) groups is 1. The summed E-state index contributed by atoms with van der Waals surface area (Å²) in [5.74, 6) is -0.202. The molecule has 0 aliphatic carbocycles. The maximum Gasteiger partial charge on any atom is 0.257 e. The number of halogens is 1. The van der Waals surface area contributed by atoms with Crippen molar-refractivity contribution in [3.63, 3.8) is 0 Å². The standard InChI is InChI=1S/C16H18ClN3O/c1-3-8-19-15-7-6-12(17)10-13(15)16(21)20-14-5-4-9-18-11(14)2/h4-7,9-10,19H,3,8H2,1-2H3,(H,20,21). The van der Waals surface area contributed by atoms with Crippen LogP contribution in [-0.2, 0) is 0 Å². The summed E-state index contributed by atoms with van der Waals surface area (Å²) in [6.07, 6.45) is 2.67. The van der Waals surface area contributed by atoms with Gasteiger partial charge in [0.2, 0.25) is 0 Å². The van der Waals surface area contributed by atoms with Crippen molar-refractivity contribution in [2.75, 3.05) is 17.2 Å². The van der Waals surface area contributed by atoms with Crippen LogP contribution in [0.5, 0.6) is 0 Å². The Labute approximate surface area is 129 Å². The van der Waals surface area contributed by atoms with Crippen LogP contribution in [0.1, 0.15) is 29.4 Å². The zero-order valence-electron chi connectivity index (χ0n) is 12.1. The van der Waals surface area contributed by atoms with E-state index in [9.17, 15) is 4.79 Å². The van der Waals surface area contributed by atoms with Crippen molar-refractivity contribution in [3.8, 4) is 0 Å². The molecule has 2 N–H and O–H groups in total.